The molecule has 1 aliphatic rings. The monoisotopic (exact) mass is 422 g/mol. The summed E-state index contributed by atoms with van der Waals surface area (Å²) in [6.45, 7) is 2.15. The molecular formula is C24H23FN2O2S. The number of nitrogens with one attached hydrogen (secondary N) is 2. The number of carbonyl (C=O) groups excluding carboxylic acids is 2. The van der Waals surface area contributed by atoms with Crippen LogP contribution in [0, 0.1) is 5.82 Å². The molecule has 2 aromatic carbocycles. The fraction of sp³-hybridized carbons (Fsp3) is 0.250. The number of hydrogen-bond donors (Lipinski definition) is 2. The highest BCUT2D eigenvalue weighted by atomic mass is 32.1. The Kier molecular flexibility index (Phi) is 5.95. The van der Waals surface area contributed by atoms with E-state index >= 15 is 0 Å². The van der Waals surface area contributed by atoms with Gasteiger partial charge in [-0.1, -0.05) is 49.7 Å². The minimum Gasteiger partial charge on any atom is -0.344 e. The molecular weight excluding hydrogens is 399 g/mol. The molecule has 154 valence electrons. The third kappa shape index (κ3) is 4.28. The zero-order chi connectivity index (χ0) is 21.1. The van der Waals surface area contributed by atoms with E-state index in [2.05, 4.69) is 29.7 Å². The second-order valence-electron chi connectivity index (χ2n) is 7.49. The van der Waals surface area contributed by atoms with Gasteiger partial charge in [0.25, 0.3) is 0 Å². The van der Waals surface area contributed by atoms with Gasteiger partial charge in [0.15, 0.2) is 0 Å². The lowest BCUT2D eigenvalue weighted by atomic mass is 9.89. The van der Waals surface area contributed by atoms with Crippen molar-refractivity contribution in [3.63, 3.8) is 0 Å². The van der Waals surface area contributed by atoms with Crippen molar-refractivity contribution < 1.29 is 14.0 Å². The number of amides is 2. The Labute approximate surface area is 179 Å². The summed E-state index contributed by atoms with van der Waals surface area (Å²) in [4.78, 5) is 26.4. The summed E-state index contributed by atoms with van der Waals surface area (Å²) in [5.41, 5.74) is 3.25. The van der Waals surface area contributed by atoms with Crippen LogP contribution >= 0.6 is 11.3 Å². The summed E-state index contributed by atoms with van der Waals surface area (Å²) >= 11 is 1.57. The van der Waals surface area contributed by atoms with Crippen LogP contribution < -0.4 is 10.6 Å². The molecule has 0 unspecified atom stereocenters. The maximum absolute atomic E-state index is 13.6. The molecule has 4 nitrogen and oxygen atoms in total. The number of rotatable bonds is 6. The van der Waals surface area contributed by atoms with Gasteiger partial charge in [-0.3, -0.25) is 9.59 Å². The van der Waals surface area contributed by atoms with Gasteiger partial charge in [-0.2, -0.15) is 0 Å². The molecule has 0 saturated carbocycles. The van der Waals surface area contributed by atoms with Crippen molar-refractivity contribution in [2.24, 2.45) is 0 Å². The van der Waals surface area contributed by atoms with Gasteiger partial charge in [0.2, 0.25) is 11.8 Å². The summed E-state index contributed by atoms with van der Waals surface area (Å²) in [5, 5.41) is 7.77. The molecule has 0 saturated heterocycles. The van der Waals surface area contributed by atoms with Crippen molar-refractivity contribution in [2.75, 3.05) is 5.32 Å². The Balaban J connectivity index is 1.62. The summed E-state index contributed by atoms with van der Waals surface area (Å²) in [6.07, 6.45) is 2.13. The average molecular weight is 423 g/mol. The van der Waals surface area contributed by atoms with Crippen LogP contribution in [0.25, 0.3) is 0 Å². The number of hydrogen-bond acceptors (Lipinski definition) is 3. The normalized spacial score (nSPS) is 16.5. The highest BCUT2D eigenvalue weighted by Crippen LogP contribution is 2.34. The Morgan fingerprint density at radius 3 is 2.73 bits per heavy atom. The molecule has 0 bridgehead atoms. The SMILES string of the molecule is CCCc1ccc([C@H](NC(=O)[C@@H]2CC(=O)Nc3cc(F)ccc32)c2cccs2)cc1. The molecule has 0 aliphatic carbocycles. The lowest BCUT2D eigenvalue weighted by Crippen LogP contribution is -2.37. The molecule has 3 aromatic rings. The number of fused-ring (bicyclic) bond motifs is 1. The quantitative estimate of drug-likeness (QED) is 0.576. The Hall–Kier alpha value is -2.99. The van der Waals surface area contributed by atoms with Gasteiger partial charge in [0.05, 0.1) is 12.0 Å². The van der Waals surface area contributed by atoms with Crippen molar-refractivity contribution in [3.8, 4) is 0 Å². The van der Waals surface area contributed by atoms with Crippen LogP contribution in [0.4, 0.5) is 10.1 Å². The van der Waals surface area contributed by atoms with Crippen LogP contribution in [0.5, 0.6) is 0 Å². The molecule has 30 heavy (non-hydrogen) atoms. The number of benzene rings is 2. The van der Waals surface area contributed by atoms with Gasteiger partial charge >= 0.3 is 0 Å². The molecule has 6 heteroatoms. The molecule has 2 atom stereocenters. The Morgan fingerprint density at radius 2 is 2.03 bits per heavy atom. The predicted octanol–water partition coefficient (Wildman–Crippen LogP) is 5.17. The third-order valence-electron chi connectivity index (χ3n) is 5.34. The van der Waals surface area contributed by atoms with E-state index in [1.165, 1.54) is 17.7 Å². The van der Waals surface area contributed by atoms with E-state index in [0.717, 1.165) is 23.3 Å². The molecule has 1 aliphatic heterocycles. The molecule has 0 fully saturated rings. The first-order chi connectivity index (χ1) is 14.5. The zero-order valence-corrected chi connectivity index (χ0v) is 17.5. The van der Waals surface area contributed by atoms with Crippen molar-refractivity contribution in [1.29, 1.82) is 0 Å². The maximum atomic E-state index is 13.6. The van der Waals surface area contributed by atoms with E-state index in [1.807, 2.05) is 29.6 Å². The molecule has 0 spiro atoms. The summed E-state index contributed by atoms with van der Waals surface area (Å²) < 4.78 is 13.6. The van der Waals surface area contributed by atoms with Crippen molar-refractivity contribution in [1.82, 2.24) is 5.32 Å². The molecule has 2 N–H and O–H groups in total. The first kappa shape index (κ1) is 20.3. The molecule has 0 radical (unpaired) electrons. The van der Waals surface area contributed by atoms with E-state index in [0.29, 0.717) is 11.3 Å². The van der Waals surface area contributed by atoms with Gasteiger partial charge < -0.3 is 10.6 Å². The predicted molar refractivity (Wildman–Crippen MR) is 117 cm³/mol. The molecule has 2 heterocycles. The van der Waals surface area contributed by atoms with E-state index in [-0.39, 0.29) is 24.3 Å². The largest absolute Gasteiger partial charge is 0.344 e. The minimum atomic E-state index is -0.656. The second kappa shape index (κ2) is 8.79. The lowest BCUT2D eigenvalue weighted by molar-refractivity contribution is -0.126. The molecule has 1 aromatic heterocycles. The second-order valence-corrected chi connectivity index (χ2v) is 8.46. The highest BCUT2D eigenvalue weighted by molar-refractivity contribution is 7.10. The van der Waals surface area contributed by atoms with Crippen LogP contribution in [-0.4, -0.2) is 11.8 Å². The number of halogens is 1. The number of carbonyl (C=O) groups is 2. The Morgan fingerprint density at radius 1 is 1.23 bits per heavy atom. The topological polar surface area (TPSA) is 58.2 Å². The van der Waals surface area contributed by atoms with Gasteiger partial charge in [0.1, 0.15) is 5.82 Å². The van der Waals surface area contributed by atoms with Gasteiger partial charge in [-0.05, 0) is 46.7 Å². The highest BCUT2D eigenvalue weighted by Gasteiger charge is 2.32. The van der Waals surface area contributed by atoms with E-state index in [1.54, 1.807) is 17.4 Å². The zero-order valence-electron chi connectivity index (χ0n) is 16.7. The third-order valence-corrected chi connectivity index (χ3v) is 6.27. The summed E-state index contributed by atoms with van der Waals surface area (Å²) in [7, 11) is 0. The van der Waals surface area contributed by atoms with Crippen molar-refractivity contribution in [2.45, 2.75) is 38.1 Å². The summed E-state index contributed by atoms with van der Waals surface area (Å²) in [5.74, 6) is -1.63. The van der Waals surface area contributed by atoms with E-state index in [4.69, 9.17) is 0 Å². The number of thiophene rings is 1. The number of anilines is 1. The fourth-order valence-electron chi connectivity index (χ4n) is 3.85. The average Bonchev–Trinajstić information content (AvgIpc) is 3.26. The molecule has 4 rings (SSSR count). The van der Waals surface area contributed by atoms with Gasteiger partial charge in [-0.25, -0.2) is 4.39 Å². The first-order valence-electron chi connectivity index (χ1n) is 10.1. The van der Waals surface area contributed by atoms with Gasteiger partial charge in [-0.15, -0.1) is 11.3 Å². The fourth-order valence-corrected chi connectivity index (χ4v) is 4.66. The van der Waals surface area contributed by atoms with E-state index in [9.17, 15) is 14.0 Å². The van der Waals surface area contributed by atoms with E-state index < -0.39 is 11.7 Å². The van der Waals surface area contributed by atoms with Crippen LogP contribution in [0.1, 0.15) is 53.3 Å². The number of aryl methyl sites for hydroxylation is 1. The maximum Gasteiger partial charge on any atom is 0.228 e. The minimum absolute atomic E-state index is 0.0388. The van der Waals surface area contributed by atoms with Crippen molar-refractivity contribution >= 4 is 28.8 Å². The van der Waals surface area contributed by atoms with Crippen LogP contribution in [0.15, 0.2) is 60.0 Å². The van der Waals surface area contributed by atoms with Crippen LogP contribution in [0.3, 0.4) is 0 Å². The van der Waals surface area contributed by atoms with Crippen molar-refractivity contribution in [3.05, 3.63) is 87.4 Å². The first-order valence-corrected chi connectivity index (χ1v) is 10.9. The lowest BCUT2D eigenvalue weighted by Gasteiger charge is -2.27. The van der Waals surface area contributed by atoms with Crippen LogP contribution in [0.2, 0.25) is 0 Å². The smallest absolute Gasteiger partial charge is 0.228 e. The summed E-state index contributed by atoms with van der Waals surface area (Å²) in [6, 6.07) is 16.1. The standard InChI is InChI=1S/C24H23FN2O2S/c1-2-4-15-6-8-16(9-7-15)23(21-5-3-12-30-21)27-24(29)19-14-22(28)26-20-13-17(25)10-11-18(19)20/h3,5-13,19,23H,2,4,14H2,1H3,(H,26,28)(H,27,29)/t19-,23+/m1/s1. The van der Waals surface area contributed by atoms with Crippen LogP contribution in [-0.2, 0) is 16.0 Å². The molecule has 2 amide bonds. The van der Waals surface area contributed by atoms with Gasteiger partial charge in [0, 0.05) is 17.0 Å². The Bertz CT molecular complexity index is 1050.